The summed E-state index contributed by atoms with van der Waals surface area (Å²) in [7, 11) is 0. The predicted molar refractivity (Wildman–Crippen MR) is 216 cm³/mol. The molecule has 5 aliphatic rings. The van der Waals surface area contributed by atoms with Gasteiger partial charge in [0.2, 0.25) is 11.6 Å². The van der Waals surface area contributed by atoms with E-state index in [1.165, 1.54) is 36.4 Å². The summed E-state index contributed by atoms with van der Waals surface area (Å²) in [4.78, 5) is 56.0. The number of carbonyl (C=O) groups is 5. The normalized spacial score (nSPS) is 14.9. The molecule has 0 atom stereocenters. The Bertz CT molecular complexity index is 2500. The Hall–Kier alpha value is -7.35. The lowest BCUT2D eigenvalue weighted by Crippen LogP contribution is -2.15. The van der Waals surface area contributed by atoms with Crippen LogP contribution in [0.1, 0.15) is 94.2 Å². The van der Waals surface area contributed by atoms with Crippen LogP contribution in [-0.4, -0.2) is 80.9 Å². The van der Waals surface area contributed by atoms with Crippen LogP contribution in [-0.2, 0) is 6.42 Å². The third kappa shape index (κ3) is 9.50. The van der Waals surface area contributed by atoms with Crippen LogP contribution in [0.4, 0.5) is 0 Å². The topological polar surface area (TPSA) is 223 Å². The van der Waals surface area contributed by atoms with Gasteiger partial charge in [-0.2, -0.15) is 0 Å². The molecular formula is C46H42O14. The van der Waals surface area contributed by atoms with Gasteiger partial charge in [0.1, 0.15) is 51.7 Å². The Balaban J connectivity index is 0.000000126. The maximum Gasteiger partial charge on any atom is 0.203 e. The first-order valence-corrected chi connectivity index (χ1v) is 19.0. The molecule has 14 heteroatoms. The number of phenols is 5. The summed E-state index contributed by atoms with van der Waals surface area (Å²) in [5.74, 6) is 3.18. The maximum absolute atomic E-state index is 11.4. The minimum Gasteiger partial charge on any atom is -0.508 e. The van der Waals surface area contributed by atoms with Gasteiger partial charge >= 0.3 is 0 Å². The van der Waals surface area contributed by atoms with E-state index in [4.69, 9.17) is 29.2 Å². The average Bonchev–Trinajstić information content (AvgIpc) is 3.80. The smallest absolute Gasteiger partial charge is 0.203 e. The highest BCUT2D eigenvalue weighted by molar-refractivity contribution is 6.03. The van der Waals surface area contributed by atoms with Crippen LogP contribution in [0.25, 0.3) is 0 Å². The number of Topliss-reactive ketones (excluding diaryl/α,β-unsaturated/α-hetero) is 5. The highest BCUT2D eigenvalue weighted by atomic mass is 16.5. The van der Waals surface area contributed by atoms with Crippen molar-refractivity contribution < 1.29 is 68.5 Å². The number of carbonyl (C=O) groups excluding carboxylic acids is 5. The summed E-state index contributed by atoms with van der Waals surface area (Å²) < 4.78 is 20.6. The van der Waals surface area contributed by atoms with Gasteiger partial charge in [0.15, 0.2) is 30.6 Å². The zero-order valence-electron chi connectivity index (χ0n) is 32.8. The van der Waals surface area contributed by atoms with E-state index in [-0.39, 0.29) is 70.9 Å². The number of fused-ring (bicyclic) bond motifs is 5. The van der Waals surface area contributed by atoms with Gasteiger partial charge in [-0.05, 0) is 81.3 Å². The van der Waals surface area contributed by atoms with Crippen LogP contribution in [0.2, 0.25) is 0 Å². The van der Waals surface area contributed by atoms with Crippen molar-refractivity contribution in [3.8, 4) is 51.7 Å². The number of benzene rings is 5. The van der Waals surface area contributed by atoms with E-state index in [1.54, 1.807) is 56.3 Å². The zero-order valence-corrected chi connectivity index (χ0v) is 32.8. The summed E-state index contributed by atoms with van der Waals surface area (Å²) in [5, 5.41) is 46.1. The molecule has 0 bridgehead atoms. The Morgan fingerprint density at radius 1 is 0.433 bits per heavy atom. The van der Waals surface area contributed by atoms with Crippen LogP contribution in [0, 0.1) is 13.8 Å². The van der Waals surface area contributed by atoms with Crippen LogP contribution in [0.15, 0.2) is 78.9 Å². The number of hydrogen-bond acceptors (Lipinski definition) is 14. The summed E-state index contributed by atoms with van der Waals surface area (Å²) in [6, 6.07) is 20.4. The van der Waals surface area contributed by atoms with Crippen molar-refractivity contribution in [1.82, 2.24) is 0 Å². The van der Waals surface area contributed by atoms with Gasteiger partial charge in [-0.25, -0.2) is 0 Å². The largest absolute Gasteiger partial charge is 0.508 e. The molecule has 60 heavy (non-hydrogen) atoms. The Morgan fingerprint density at radius 2 is 0.917 bits per heavy atom. The van der Waals surface area contributed by atoms with E-state index in [0.29, 0.717) is 94.4 Å². The van der Waals surface area contributed by atoms with Gasteiger partial charge in [0.25, 0.3) is 0 Å². The van der Waals surface area contributed by atoms with Crippen molar-refractivity contribution >= 4 is 28.9 Å². The molecule has 0 spiro atoms. The number of ketones is 5. The molecule has 0 radical (unpaired) electrons. The quantitative estimate of drug-likeness (QED) is 0.104. The number of hydrogen-bond donors (Lipinski definition) is 5. The highest BCUT2D eigenvalue weighted by Crippen LogP contribution is 2.36. The number of phenolic OH excluding ortho intramolecular Hbond substituents is 5. The van der Waals surface area contributed by atoms with E-state index in [9.17, 15) is 39.3 Å². The molecule has 0 saturated heterocycles. The third-order valence-electron chi connectivity index (χ3n) is 10.0. The molecule has 10 rings (SSSR count). The van der Waals surface area contributed by atoms with Crippen molar-refractivity contribution in [3.05, 3.63) is 123 Å². The molecule has 310 valence electrons. The van der Waals surface area contributed by atoms with E-state index in [0.717, 1.165) is 18.4 Å². The number of rotatable bonds is 0. The monoisotopic (exact) mass is 818 g/mol. The molecule has 0 aromatic heterocycles. The van der Waals surface area contributed by atoms with Crippen molar-refractivity contribution in [2.45, 2.75) is 46.0 Å². The Kier molecular flexibility index (Phi) is 13.0. The summed E-state index contributed by atoms with van der Waals surface area (Å²) in [6.45, 7) is 4.49. The third-order valence-corrected chi connectivity index (χ3v) is 10.0. The molecule has 5 aromatic rings. The molecule has 0 fully saturated rings. The van der Waals surface area contributed by atoms with Crippen LogP contribution >= 0.6 is 0 Å². The second kappa shape index (κ2) is 18.5. The first kappa shape index (κ1) is 42.3. The maximum atomic E-state index is 11.4. The molecule has 5 N–H and O–H groups in total. The zero-order chi connectivity index (χ0) is 43.1. The molecule has 4 aliphatic heterocycles. The van der Waals surface area contributed by atoms with Gasteiger partial charge < -0.3 is 44.5 Å². The lowest BCUT2D eigenvalue weighted by atomic mass is 9.90. The Labute approximate surface area is 344 Å². The van der Waals surface area contributed by atoms with E-state index >= 15 is 0 Å². The fraction of sp³-hybridized carbons (Fsp3) is 0.239. The van der Waals surface area contributed by atoms with Gasteiger partial charge in [0, 0.05) is 53.6 Å². The number of ether oxygens (including phenoxy) is 4. The first-order valence-electron chi connectivity index (χ1n) is 19.0. The lowest BCUT2D eigenvalue weighted by molar-refractivity contribution is 0.0924. The van der Waals surface area contributed by atoms with Crippen molar-refractivity contribution in [2.75, 3.05) is 26.4 Å². The fourth-order valence-corrected chi connectivity index (χ4v) is 6.76. The standard InChI is InChI=1S/C10H10O3.C10H10O2.2C9H8O3.C8H6O3/c1-6-8(11)3-2-7-9(12)4-5-13-10(6)7;11-9-5-1-3-7-8(9)4-2-6-10(7)12;1-5-7(10)3-2-6-8(11)4-12-9(5)6;10-6-1-2-7-8(11)3-4-12-9(7)5-6;9-5-1-2-6-7(10)4-11-8(6)3-5/h2-3,11H,4-5H2,1H3;1,3,5,11H,2,4,6H2;2-3,10H,4H2,1H3;1-2,5,10H,3-4H2;1-3,9H,4H2. The molecule has 1 aliphatic carbocycles. The fourth-order valence-electron chi connectivity index (χ4n) is 6.76. The molecule has 0 unspecified atom stereocenters. The average molecular weight is 819 g/mol. The number of aromatic hydroxyl groups is 5. The Morgan fingerprint density at radius 3 is 1.55 bits per heavy atom. The van der Waals surface area contributed by atoms with Gasteiger partial charge in [-0.15, -0.1) is 0 Å². The second-order valence-corrected chi connectivity index (χ2v) is 14.1. The van der Waals surface area contributed by atoms with E-state index in [2.05, 4.69) is 0 Å². The van der Waals surface area contributed by atoms with Gasteiger partial charge in [-0.1, -0.05) is 12.1 Å². The summed E-state index contributed by atoms with van der Waals surface area (Å²) >= 11 is 0. The molecule has 4 heterocycles. The molecule has 0 amide bonds. The van der Waals surface area contributed by atoms with Gasteiger partial charge in [-0.3, -0.25) is 24.0 Å². The van der Waals surface area contributed by atoms with Crippen LogP contribution < -0.4 is 18.9 Å². The predicted octanol–water partition coefficient (Wildman–Crippen LogP) is 7.18. The van der Waals surface area contributed by atoms with Crippen LogP contribution in [0.5, 0.6) is 51.7 Å². The van der Waals surface area contributed by atoms with E-state index in [1.807, 2.05) is 0 Å². The first-order chi connectivity index (χ1) is 28.7. The van der Waals surface area contributed by atoms with E-state index < -0.39 is 0 Å². The minimum atomic E-state index is -0.0278. The highest BCUT2D eigenvalue weighted by Gasteiger charge is 2.25. The molecule has 5 aromatic carbocycles. The molecule has 14 nitrogen and oxygen atoms in total. The summed E-state index contributed by atoms with van der Waals surface area (Å²) in [5.41, 5.74) is 5.10. The van der Waals surface area contributed by atoms with Crippen LogP contribution in [0.3, 0.4) is 0 Å². The SMILES string of the molecule is Cc1c(O)ccc2c1OCC2=O.Cc1c(O)ccc2c1OCCC2=O.O=C1CCCc2c(O)cccc21.O=C1CCOc2cc(O)ccc21.O=C1COc2cc(O)ccc21. The minimum absolute atomic E-state index is 0.0203. The van der Waals surface area contributed by atoms with Crippen molar-refractivity contribution in [1.29, 1.82) is 0 Å². The van der Waals surface area contributed by atoms with Crippen molar-refractivity contribution in [2.24, 2.45) is 0 Å². The molecule has 0 saturated carbocycles. The lowest BCUT2D eigenvalue weighted by Gasteiger charge is -2.18. The summed E-state index contributed by atoms with van der Waals surface area (Å²) in [6.07, 6.45) is 3.17. The molecular weight excluding hydrogens is 776 g/mol. The van der Waals surface area contributed by atoms with Gasteiger partial charge in [0.05, 0.1) is 35.5 Å². The van der Waals surface area contributed by atoms with Crippen molar-refractivity contribution in [3.63, 3.8) is 0 Å². The second-order valence-electron chi connectivity index (χ2n) is 14.1.